The maximum atomic E-state index is 5.93. The molecule has 346 valence electrons. The minimum Gasteiger partial charge on any atom is -0.456 e. The van der Waals surface area contributed by atoms with Gasteiger partial charge in [0.05, 0.1) is 0 Å². The van der Waals surface area contributed by atoms with Crippen LogP contribution in [-0.4, -0.2) is 0 Å². The molecule has 10 aromatic carbocycles. The first kappa shape index (κ1) is 45.4. The summed E-state index contributed by atoms with van der Waals surface area (Å²) in [5.41, 5.74) is 24.8. The van der Waals surface area contributed by atoms with E-state index >= 15 is 0 Å². The summed E-state index contributed by atoms with van der Waals surface area (Å²) in [5, 5.41) is 5.08. The minimum atomic E-state index is 0.0709. The summed E-state index contributed by atoms with van der Waals surface area (Å²) < 4.78 is 5.93. The summed E-state index contributed by atoms with van der Waals surface area (Å²) in [4.78, 5) is 0. The van der Waals surface area contributed by atoms with Gasteiger partial charge < -0.3 is 4.42 Å². The Bertz CT molecular complexity index is 3710. The molecular formula is C70H60O. The molecule has 1 heteroatoms. The van der Waals surface area contributed by atoms with Gasteiger partial charge in [-0.1, -0.05) is 232 Å². The maximum Gasteiger partial charge on any atom is 0.135 e. The van der Waals surface area contributed by atoms with Crippen molar-refractivity contribution in [2.45, 2.75) is 65.7 Å². The summed E-state index contributed by atoms with van der Waals surface area (Å²) in [5.74, 6) is 0. The molecule has 0 aliphatic heterocycles. The molecule has 11 aromatic rings. The normalized spacial score (nSPS) is 12.9. The van der Waals surface area contributed by atoms with Gasteiger partial charge in [-0.05, 0) is 158 Å². The highest BCUT2D eigenvalue weighted by Crippen LogP contribution is 2.50. The number of benzene rings is 10. The molecule has 1 nitrogen and oxygen atoms in total. The molecule has 13 rings (SSSR count). The van der Waals surface area contributed by atoms with Gasteiger partial charge in [0.15, 0.2) is 0 Å². The average Bonchev–Trinajstić information content (AvgIpc) is 3.90. The number of fused-ring (bicyclic) bond motifs is 9. The standard InChI is InChI=1S/C25H18O.C23H22.C22H20/c1-17-6-8-18(9-7-17)19-10-12-20(13-11-19)21-14-15-25-23(16-21)22-4-2-3-5-24(22)26-25;1-2-7-17-12-14-18(15-13-17)23-16-19-8-3-4-9-20(19)21-10-5-6-11-22(21)23;1-15-9-11-18-19-12-10-17(16-7-5-4-6-8-16)14-21(19)22(2,3)20(18)13-15/h2-16H,1H3;4-6,9-16H,2-3,7-8H2,1H3;4-14H,1-3H3. The van der Waals surface area contributed by atoms with E-state index in [1.165, 1.54) is 123 Å². The van der Waals surface area contributed by atoms with Crippen molar-refractivity contribution in [3.63, 3.8) is 0 Å². The van der Waals surface area contributed by atoms with Crippen LogP contribution in [-0.2, 0) is 18.3 Å². The highest BCUT2D eigenvalue weighted by Gasteiger charge is 2.35. The van der Waals surface area contributed by atoms with E-state index in [9.17, 15) is 0 Å². The van der Waals surface area contributed by atoms with Crippen molar-refractivity contribution in [1.29, 1.82) is 0 Å². The zero-order chi connectivity index (χ0) is 48.5. The fourth-order valence-corrected chi connectivity index (χ4v) is 10.8. The molecule has 0 bridgehead atoms. The molecule has 2 aliphatic carbocycles. The monoisotopic (exact) mass is 916 g/mol. The van der Waals surface area contributed by atoms with Crippen LogP contribution in [0.15, 0.2) is 223 Å². The van der Waals surface area contributed by atoms with Gasteiger partial charge in [0.25, 0.3) is 0 Å². The van der Waals surface area contributed by atoms with Crippen LogP contribution in [0.2, 0.25) is 0 Å². The third-order valence-corrected chi connectivity index (χ3v) is 14.8. The molecule has 1 aromatic heterocycles. The summed E-state index contributed by atoms with van der Waals surface area (Å²) in [7, 11) is 0. The van der Waals surface area contributed by atoms with E-state index in [1.807, 2.05) is 12.1 Å². The van der Waals surface area contributed by atoms with E-state index in [0.29, 0.717) is 0 Å². The Morgan fingerprint density at radius 3 is 1.69 bits per heavy atom. The second-order valence-electron chi connectivity index (χ2n) is 20.0. The van der Waals surface area contributed by atoms with Crippen molar-refractivity contribution in [1.82, 2.24) is 0 Å². The van der Waals surface area contributed by atoms with E-state index in [-0.39, 0.29) is 5.41 Å². The molecule has 0 N–H and O–H groups in total. The van der Waals surface area contributed by atoms with Crippen LogP contribution in [0.3, 0.4) is 0 Å². The van der Waals surface area contributed by atoms with Crippen molar-refractivity contribution >= 4 is 38.8 Å². The second kappa shape index (κ2) is 19.4. The van der Waals surface area contributed by atoms with E-state index in [2.05, 4.69) is 247 Å². The molecule has 71 heavy (non-hydrogen) atoms. The first-order valence-electron chi connectivity index (χ1n) is 25.4. The van der Waals surface area contributed by atoms with Crippen LogP contribution in [0.25, 0.3) is 94.4 Å². The lowest BCUT2D eigenvalue weighted by molar-refractivity contribution is 0.660. The number of rotatable bonds is 6. The molecule has 0 amide bonds. The van der Waals surface area contributed by atoms with Crippen LogP contribution in [0.5, 0.6) is 0 Å². The lowest BCUT2D eigenvalue weighted by atomic mass is 9.81. The molecule has 2 aliphatic rings. The van der Waals surface area contributed by atoms with Gasteiger partial charge in [0.2, 0.25) is 0 Å². The predicted molar refractivity (Wildman–Crippen MR) is 304 cm³/mol. The summed E-state index contributed by atoms with van der Waals surface area (Å²) in [6, 6.07) is 76.8. The number of aryl methyl sites for hydroxylation is 4. The first-order valence-corrected chi connectivity index (χ1v) is 25.4. The Balaban J connectivity index is 0.000000116. The average molecular weight is 917 g/mol. The van der Waals surface area contributed by atoms with Crippen LogP contribution in [0.1, 0.15) is 72.6 Å². The van der Waals surface area contributed by atoms with Gasteiger partial charge in [0.1, 0.15) is 11.2 Å². The van der Waals surface area contributed by atoms with Gasteiger partial charge in [0, 0.05) is 16.2 Å². The highest BCUT2D eigenvalue weighted by molar-refractivity contribution is 6.06. The van der Waals surface area contributed by atoms with Gasteiger partial charge >= 0.3 is 0 Å². The van der Waals surface area contributed by atoms with Crippen LogP contribution in [0, 0.1) is 13.8 Å². The van der Waals surface area contributed by atoms with Crippen LogP contribution >= 0.6 is 0 Å². The minimum absolute atomic E-state index is 0.0709. The van der Waals surface area contributed by atoms with Crippen LogP contribution < -0.4 is 0 Å². The quantitative estimate of drug-likeness (QED) is 0.162. The third-order valence-electron chi connectivity index (χ3n) is 14.8. The SMILES string of the molecule is CCCc1ccc(-c2cc3c(c4ccccc24)C=CCC3)cc1.Cc1ccc(-c2ccc(-c3ccc4oc5ccccc5c4c3)cc2)cc1.Cc1ccc2c(c1)C(C)(C)c1cc(-c3ccccc3)ccc1-2. The van der Waals surface area contributed by atoms with Gasteiger partial charge in [-0.2, -0.15) is 0 Å². The lowest BCUT2D eigenvalue weighted by Gasteiger charge is -2.22. The van der Waals surface area contributed by atoms with E-state index in [4.69, 9.17) is 4.42 Å². The van der Waals surface area contributed by atoms with Gasteiger partial charge in [-0.3, -0.25) is 0 Å². The molecule has 0 saturated heterocycles. The Kier molecular flexibility index (Phi) is 12.4. The van der Waals surface area contributed by atoms with E-state index in [0.717, 1.165) is 30.4 Å². The Labute approximate surface area is 419 Å². The molecule has 0 saturated carbocycles. The molecule has 1 heterocycles. The third kappa shape index (κ3) is 9.06. The molecule has 0 fully saturated rings. The Morgan fingerprint density at radius 2 is 0.958 bits per heavy atom. The van der Waals surface area contributed by atoms with Crippen molar-refractivity contribution in [3.05, 3.63) is 257 Å². The van der Waals surface area contributed by atoms with Gasteiger partial charge in [-0.25, -0.2) is 0 Å². The van der Waals surface area contributed by atoms with E-state index in [1.54, 1.807) is 0 Å². The largest absolute Gasteiger partial charge is 0.456 e. The number of hydrogen-bond acceptors (Lipinski definition) is 1. The topological polar surface area (TPSA) is 13.1 Å². The lowest BCUT2D eigenvalue weighted by Crippen LogP contribution is -2.15. The number of furan rings is 1. The van der Waals surface area contributed by atoms with Crippen molar-refractivity contribution < 1.29 is 4.42 Å². The molecule has 0 radical (unpaired) electrons. The van der Waals surface area contributed by atoms with Crippen molar-refractivity contribution in [2.24, 2.45) is 0 Å². The zero-order valence-electron chi connectivity index (χ0n) is 41.6. The molecule has 0 spiro atoms. The van der Waals surface area contributed by atoms with Gasteiger partial charge in [-0.15, -0.1) is 0 Å². The first-order chi connectivity index (χ1) is 34.7. The molecule has 0 unspecified atom stereocenters. The second-order valence-corrected chi connectivity index (χ2v) is 20.0. The maximum absolute atomic E-state index is 5.93. The molecular weight excluding hydrogens is 857 g/mol. The fraction of sp³-hybridized carbons (Fsp3) is 0.143. The summed E-state index contributed by atoms with van der Waals surface area (Å²) in [6.07, 6.45) is 9.27. The Hall–Kier alpha value is -8.00. The van der Waals surface area contributed by atoms with Crippen molar-refractivity contribution in [2.75, 3.05) is 0 Å². The molecule has 0 atom stereocenters. The fourth-order valence-electron chi connectivity index (χ4n) is 10.8. The highest BCUT2D eigenvalue weighted by atomic mass is 16.3. The number of para-hydroxylation sites is 1. The van der Waals surface area contributed by atoms with Crippen LogP contribution in [0.4, 0.5) is 0 Å². The summed E-state index contributed by atoms with van der Waals surface area (Å²) in [6.45, 7) is 11.2. The Morgan fingerprint density at radius 1 is 0.423 bits per heavy atom. The smallest absolute Gasteiger partial charge is 0.135 e. The van der Waals surface area contributed by atoms with E-state index < -0.39 is 0 Å². The zero-order valence-corrected chi connectivity index (χ0v) is 41.6. The number of hydrogen-bond donors (Lipinski definition) is 0. The predicted octanol–water partition coefficient (Wildman–Crippen LogP) is 19.6. The number of allylic oxidation sites excluding steroid dienone is 1. The summed E-state index contributed by atoms with van der Waals surface area (Å²) >= 11 is 0. The van der Waals surface area contributed by atoms with Crippen molar-refractivity contribution in [3.8, 4) is 55.6 Å².